The Labute approximate surface area is 106 Å². The van der Waals surface area contributed by atoms with E-state index in [1.807, 2.05) is 6.92 Å². The van der Waals surface area contributed by atoms with Gasteiger partial charge in [-0.2, -0.15) is 0 Å². The third kappa shape index (κ3) is 6.06. The molecule has 1 atom stereocenters. The highest BCUT2D eigenvalue weighted by molar-refractivity contribution is 5.78. The van der Waals surface area contributed by atoms with E-state index >= 15 is 0 Å². The predicted octanol–water partition coefficient (Wildman–Crippen LogP) is 2.46. The number of rotatable bonds is 5. The lowest BCUT2D eigenvalue weighted by atomic mass is 9.96. The molecule has 0 bridgehead atoms. The van der Waals surface area contributed by atoms with Gasteiger partial charge in [0, 0.05) is 18.5 Å². The van der Waals surface area contributed by atoms with Crippen molar-refractivity contribution in [3.05, 3.63) is 0 Å². The number of hydrogen-bond acceptors (Lipinski definition) is 2. The largest absolute Gasteiger partial charge is 0.353 e. The van der Waals surface area contributed by atoms with Crippen LogP contribution in [0.4, 0.5) is 0 Å². The van der Waals surface area contributed by atoms with E-state index in [0.29, 0.717) is 6.04 Å². The Kier molecular flexibility index (Phi) is 7.25. The summed E-state index contributed by atoms with van der Waals surface area (Å²) in [4.78, 5) is 12.0. The first-order chi connectivity index (χ1) is 8.24. The highest BCUT2D eigenvalue weighted by Gasteiger charge is 2.17. The van der Waals surface area contributed by atoms with Crippen LogP contribution in [-0.2, 0) is 4.79 Å². The van der Waals surface area contributed by atoms with Crippen molar-refractivity contribution in [2.24, 2.45) is 5.92 Å². The van der Waals surface area contributed by atoms with Gasteiger partial charge >= 0.3 is 0 Å². The fourth-order valence-electron chi connectivity index (χ4n) is 2.40. The van der Waals surface area contributed by atoms with Crippen molar-refractivity contribution in [1.29, 1.82) is 0 Å². The smallest absolute Gasteiger partial charge is 0.224 e. The van der Waals surface area contributed by atoms with Crippen LogP contribution in [-0.4, -0.2) is 25.0 Å². The summed E-state index contributed by atoms with van der Waals surface area (Å²) in [7, 11) is 0. The van der Waals surface area contributed by atoms with Gasteiger partial charge in [-0.25, -0.2) is 0 Å². The van der Waals surface area contributed by atoms with Gasteiger partial charge < -0.3 is 10.6 Å². The van der Waals surface area contributed by atoms with Crippen molar-refractivity contribution in [3.8, 4) is 0 Å². The SMILES string of the molecule is CCNCC(C)C(=O)NC1CCCCCCC1. The summed E-state index contributed by atoms with van der Waals surface area (Å²) in [6.07, 6.45) is 8.91. The van der Waals surface area contributed by atoms with E-state index < -0.39 is 0 Å². The molecule has 1 fully saturated rings. The van der Waals surface area contributed by atoms with Crippen LogP contribution in [0.2, 0.25) is 0 Å². The molecule has 1 rings (SSSR count). The minimum Gasteiger partial charge on any atom is -0.353 e. The number of carbonyl (C=O) groups is 1. The molecule has 1 saturated carbocycles. The van der Waals surface area contributed by atoms with Gasteiger partial charge in [0.2, 0.25) is 5.91 Å². The lowest BCUT2D eigenvalue weighted by Crippen LogP contribution is -2.41. The van der Waals surface area contributed by atoms with Gasteiger partial charge in [0.1, 0.15) is 0 Å². The molecule has 100 valence electrons. The minimum absolute atomic E-state index is 0.0837. The molecule has 0 saturated heterocycles. The minimum atomic E-state index is 0.0837. The lowest BCUT2D eigenvalue weighted by Gasteiger charge is -2.23. The van der Waals surface area contributed by atoms with Gasteiger partial charge in [-0.05, 0) is 19.4 Å². The first-order valence-electron chi connectivity index (χ1n) is 7.25. The number of nitrogens with one attached hydrogen (secondary N) is 2. The fraction of sp³-hybridized carbons (Fsp3) is 0.929. The zero-order valence-electron chi connectivity index (χ0n) is 11.4. The Morgan fingerprint density at radius 2 is 1.76 bits per heavy atom. The van der Waals surface area contributed by atoms with Gasteiger partial charge in [0.25, 0.3) is 0 Å². The van der Waals surface area contributed by atoms with Crippen LogP contribution in [0.5, 0.6) is 0 Å². The van der Waals surface area contributed by atoms with E-state index in [4.69, 9.17) is 0 Å². The van der Waals surface area contributed by atoms with Crippen LogP contribution in [0.25, 0.3) is 0 Å². The van der Waals surface area contributed by atoms with Crippen LogP contribution in [0, 0.1) is 5.92 Å². The molecule has 1 aliphatic carbocycles. The van der Waals surface area contributed by atoms with Crippen molar-refractivity contribution in [3.63, 3.8) is 0 Å². The molecule has 0 heterocycles. The van der Waals surface area contributed by atoms with E-state index in [0.717, 1.165) is 13.1 Å². The summed E-state index contributed by atoms with van der Waals surface area (Å²) in [5.74, 6) is 0.303. The van der Waals surface area contributed by atoms with E-state index in [9.17, 15) is 4.79 Å². The number of hydrogen-bond donors (Lipinski definition) is 2. The van der Waals surface area contributed by atoms with Crippen LogP contribution < -0.4 is 10.6 Å². The normalized spacial score (nSPS) is 20.4. The summed E-state index contributed by atoms with van der Waals surface area (Å²) in [5.41, 5.74) is 0. The number of carbonyl (C=O) groups excluding carboxylic acids is 1. The average Bonchev–Trinajstić information content (AvgIpc) is 2.29. The molecule has 0 radical (unpaired) electrons. The van der Waals surface area contributed by atoms with Crippen molar-refractivity contribution >= 4 is 5.91 Å². The Morgan fingerprint density at radius 3 is 2.35 bits per heavy atom. The van der Waals surface area contributed by atoms with E-state index in [-0.39, 0.29) is 11.8 Å². The van der Waals surface area contributed by atoms with E-state index in [1.165, 1.54) is 44.9 Å². The molecule has 3 nitrogen and oxygen atoms in total. The molecule has 0 aromatic heterocycles. The molecule has 3 heteroatoms. The second kappa shape index (κ2) is 8.51. The van der Waals surface area contributed by atoms with Crippen LogP contribution in [0.3, 0.4) is 0 Å². The van der Waals surface area contributed by atoms with Crippen LogP contribution in [0.15, 0.2) is 0 Å². The van der Waals surface area contributed by atoms with Gasteiger partial charge in [0.05, 0.1) is 0 Å². The summed E-state index contributed by atoms with van der Waals surface area (Å²) in [5, 5.41) is 6.44. The second-order valence-corrected chi connectivity index (χ2v) is 5.26. The first kappa shape index (κ1) is 14.5. The zero-order valence-corrected chi connectivity index (χ0v) is 11.4. The molecular weight excluding hydrogens is 212 g/mol. The first-order valence-corrected chi connectivity index (χ1v) is 7.25. The summed E-state index contributed by atoms with van der Waals surface area (Å²) in [6, 6.07) is 0.423. The second-order valence-electron chi connectivity index (χ2n) is 5.26. The molecule has 1 aliphatic rings. The monoisotopic (exact) mass is 240 g/mol. The van der Waals surface area contributed by atoms with E-state index in [1.54, 1.807) is 0 Å². The number of amides is 1. The van der Waals surface area contributed by atoms with E-state index in [2.05, 4.69) is 17.6 Å². The van der Waals surface area contributed by atoms with Crippen molar-refractivity contribution in [2.75, 3.05) is 13.1 Å². The zero-order chi connectivity index (χ0) is 12.5. The van der Waals surface area contributed by atoms with Gasteiger partial charge in [-0.3, -0.25) is 4.79 Å². The molecule has 1 amide bonds. The third-order valence-electron chi connectivity index (χ3n) is 3.60. The fourth-order valence-corrected chi connectivity index (χ4v) is 2.40. The summed E-state index contributed by atoms with van der Waals surface area (Å²) < 4.78 is 0. The van der Waals surface area contributed by atoms with Crippen LogP contribution in [0.1, 0.15) is 58.8 Å². The molecule has 1 unspecified atom stereocenters. The van der Waals surface area contributed by atoms with Crippen molar-refractivity contribution in [2.45, 2.75) is 64.8 Å². The maximum absolute atomic E-state index is 12.0. The Bertz CT molecular complexity index is 210. The predicted molar refractivity (Wildman–Crippen MR) is 72.0 cm³/mol. The Balaban J connectivity index is 2.27. The molecule has 0 aliphatic heterocycles. The summed E-state index contributed by atoms with van der Waals surface area (Å²) in [6.45, 7) is 5.79. The maximum atomic E-state index is 12.0. The quantitative estimate of drug-likeness (QED) is 0.775. The molecular formula is C14H28N2O. The van der Waals surface area contributed by atoms with Gasteiger partial charge in [0.15, 0.2) is 0 Å². The topological polar surface area (TPSA) is 41.1 Å². The van der Waals surface area contributed by atoms with Crippen LogP contribution >= 0.6 is 0 Å². The molecule has 0 spiro atoms. The standard InChI is InChI=1S/C14H28N2O/c1-3-15-11-12(2)14(17)16-13-9-7-5-4-6-8-10-13/h12-13,15H,3-11H2,1-2H3,(H,16,17). The highest BCUT2D eigenvalue weighted by atomic mass is 16.1. The molecule has 0 aromatic rings. The van der Waals surface area contributed by atoms with Gasteiger partial charge in [-0.1, -0.05) is 46.0 Å². The van der Waals surface area contributed by atoms with Crippen molar-refractivity contribution in [1.82, 2.24) is 10.6 Å². The third-order valence-corrected chi connectivity index (χ3v) is 3.60. The molecule has 0 aromatic carbocycles. The molecule has 17 heavy (non-hydrogen) atoms. The maximum Gasteiger partial charge on any atom is 0.224 e. The Morgan fingerprint density at radius 1 is 1.18 bits per heavy atom. The average molecular weight is 240 g/mol. The summed E-state index contributed by atoms with van der Waals surface area (Å²) >= 11 is 0. The Hall–Kier alpha value is -0.570. The van der Waals surface area contributed by atoms with Gasteiger partial charge in [-0.15, -0.1) is 0 Å². The van der Waals surface area contributed by atoms with Crippen molar-refractivity contribution < 1.29 is 4.79 Å². The highest BCUT2D eigenvalue weighted by Crippen LogP contribution is 2.17. The molecule has 2 N–H and O–H groups in total. The lowest BCUT2D eigenvalue weighted by molar-refractivity contribution is -0.125.